The van der Waals surface area contributed by atoms with Crippen molar-refractivity contribution in [1.29, 1.82) is 0 Å². The van der Waals surface area contributed by atoms with Crippen molar-refractivity contribution >= 4 is 33.0 Å². The van der Waals surface area contributed by atoms with Gasteiger partial charge in [0.25, 0.3) is 5.91 Å². The lowest BCUT2D eigenvalue weighted by atomic mass is 10.1. The molecule has 0 aromatic carbocycles. The van der Waals surface area contributed by atoms with Crippen LogP contribution in [-0.2, 0) is 14.8 Å². The Balaban J connectivity index is 1.33. The normalized spacial score (nSPS) is 17.3. The Bertz CT molecular complexity index is 1420. The van der Waals surface area contributed by atoms with E-state index in [4.69, 9.17) is 9.47 Å². The van der Waals surface area contributed by atoms with Gasteiger partial charge in [0.1, 0.15) is 5.69 Å². The van der Waals surface area contributed by atoms with E-state index in [0.29, 0.717) is 66.9 Å². The van der Waals surface area contributed by atoms with Gasteiger partial charge in [0, 0.05) is 32.0 Å². The van der Waals surface area contributed by atoms with Crippen LogP contribution in [0.25, 0.3) is 10.6 Å². The number of carbonyl (C=O) groups excluding carboxylic acids is 1. The number of hydrogen-bond donors (Lipinski definition) is 2. The van der Waals surface area contributed by atoms with Crippen LogP contribution < -0.4 is 14.8 Å². The average Bonchev–Trinajstić information content (AvgIpc) is 3.70. The quantitative estimate of drug-likeness (QED) is 0.317. The van der Waals surface area contributed by atoms with Crippen LogP contribution in [0.2, 0.25) is 0 Å². The van der Waals surface area contributed by atoms with Crippen molar-refractivity contribution in [2.75, 3.05) is 44.2 Å². The molecule has 3 aromatic heterocycles. The Hall–Kier alpha value is -3.20. The van der Waals surface area contributed by atoms with Crippen molar-refractivity contribution < 1.29 is 22.7 Å². The molecule has 3 aromatic rings. The molecule has 1 amide bonds. The molecule has 2 aliphatic rings. The van der Waals surface area contributed by atoms with Gasteiger partial charge in [0.2, 0.25) is 15.9 Å². The Morgan fingerprint density at radius 1 is 1.20 bits per heavy atom. The number of morpholine rings is 1. The molecule has 5 rings (SSSR count). The molecule has 12 nitrogen and oxygen atoms in total. The second kappa shape index (κ2) is 13.6. The molecule has 1 saturated heterocycles. The van der Waals surface area contributed by atoms with Gasteiger partial charge in [-0.3, -0.25) is 24.4 Å². The van der Waals surface area contributed by atoms with Crippen LogP contribution in [0, 0.1) is 0 Å². The molecule has 1 saturated carbocycles. The standard InChI is InChI=1S/C27H35N7O5S2/c1-2-39-25-18-28-16-23(31-25)24-17-30-27(40-24)26(35)32-21(8-10-34-11-13-38-14-12-34)22-15-19(7-9-29-22)33-41(36,37)20-5-3-4-6-20/h7,9,15-18,20-21H,2-6,8,10-14H2,1H3,(H,29,33)(H,32,35)/t21-/m1/s1. The minimum atomic E-state index is -3.50. The number of ether oxygens (including phenoxy) is 2. The first-order chi connectivity index (χ1) is 19.9. The largest absolute Gasteiger partial charge is 0.477 e. The minimum Gasteiger partial charge on any atom is -0.477 e. The van der Waals surface area contributed by atoms with E-state index in [1.807, 2.05) is 6.92 Å². The van der Waals surface area contributed by atoms with Crippen LogP contribution in [0.15, 0.2) is 36.9 Å². The van der Waals surface area contributed by atoms with Gasteiger partial charge in [-0.05, 0) is 38.3 Å². The van der Waals surface area contributed by atoms with Crippen molar-refractivity contribution in [1.82, 2.24) is 30.2 Å². The molecular formula is C27H35N7O5S2. The summed E-state index contributed by atoms with van der Waals surface area (Å²) >= 11 is 1.21. The third-order valence-electron chi connectivity index (χ3n) is 7.14. The van der Waals surface area contributed by atoms with Crippen molar-refractivity contribution in [3.63, 3.8) is 0 Å². The molecule has 0 unspecified atom stereocenters. The van der Waals surface area contributed by atoms with Crippen molar-refractivity contribution in [3.8, 4) is 16.5 Å². The molecule has 1 aliphatic heterocycles. The third kappa shape index (κ3) is 7.76. The van der Waals surface area contributed by atoms with Crippen LogP contribution in [0.5, 0.6) is 5.88 Å². The Morgan fingerprint density at radius 3 is 2.78 bits per heavy atom. The molecule has 0 bridgehead atoms. The predicted octanol–water partition coefficient (Wildman–Crippen LogP) is 3.27. The molecule has 2 N–H and O–H groups in total. The number of carbonyl (C=O) groups is 1. The molecule has 220 valence electrons. The highest BCUT2D eigenvalue weighted by atomic mass is 32.2. The van der Waals surface area contributed by atoms with Gasteiger partial charge in [0.05, 0.1) is 59.8 Å². The molecule has 0 spiro atoms. The molecule has 0 radical (unpaired) electrons. The van der Waals surface area contributed by atoms with E-state index >= 15 is 0 Å². The number of thiazole rings is 1. The first-order valence-electron chi connectivity index (χ1n) is 13.9. The smallest absolute Gasteiger partial charge is 0.280 e. The SMILES string of the molecule is CCOc1cncc(-c2cnc(C(=O)N[C@H](CCN3CCOCC3)c3cc(NS(=O)(=O)C4CCCC4)ccn3)s2)n1. The van der Waals surface area contributed by atoms with Gasteiger partial charge >= 0.3 is 0 Å². The number of anilines is 1. The molecular weight excluding hydrogens is 566 g/mol. The van der Waals surface area contributed by atoms with E-state index in [2.05, 4.69) is 34.9 Å². The molecule has 4 heterocycles. The summed E-state index contributed by atoms with van der Waals surface area (Å²) in [5, 5.41) is 2.98. The van der Waals surface area contributed by atoms with Crippen LogP contribution in [0.4, 0.5) is 5.69 Å². The predicted molar refractivity (Wildman–Crippen MR) is 155 cm³/mol. The van der Waals surface area contributed by atoms with Crippen LogP contribution in [-0.4, -0.2) is 83.9 Å². The maximum atomic E-state index is 13.4. The van der Waals surface area contributed by atoms with Crippen LogP contribution in [0.1, 0.15) is 60.6 Å². The number of nitrogens with zero attached hydrogens (tertiary/aromatic N) is 5. The zero-order chi connectivity index (χ0) is 28.7. The number of aromatic nitrogens is 4. The van der Waals surface area contributed by atoms with Gasteiger partial charge in [-0.2, -0.15) is 0 Å². The number of nitrogens with one attached hydrogen (secondary N) is 2. The summed E-state index contributed by atoms with van der Waals surface area (Å²) in [5.41, 5.74) is 1.59. The Morgan fingerprint density at radius 2 is 2.00 bits per heavy atom. The van der Waals surface area contributed by atoms with Crippen molar-refractivity contribution in [2.24, 2.45) is 0 Å². The molecule has 14 heteroatoms. The fraction of sp³-hybridized carbons (Fsp3) is 0.519. The highest BCUT2D eigenvalue weighted by molar-refractivity contribution is 7.93. The summed E-state index contributed by atoms with van der Waals surface area (Å²) in [6, 6.07) is 2.88. The van der Waals surface area contributed by atoms with Gasteiger partial charge in [-0.25, -0.2) is 18.4 Å². The lowest BCUT2D eigenvalue weighted by molar-refractivity contribution is 0.0359. The first kappa shape index (κ1) is 29.3. The zero-order valence-corrected chi connectivity index (χ0v) is 24.6. The Labute approximate surface area is 244 Å². The third-order valence-corrected chi connectivity index (χ3v) is 10.0. The molecule has 2 fully saturated rings. The number of pyridine rings is 1. The highest BCUT2D eigenvalue weighted by Gasteiger charge is 2.29. The summed E-state index contributed by atoms with van der Waals surface area (Å²) < 4.78 is 39.5. The summed E-state index contributed by atoms with van der Waals surface area (Å²) in [7, 11) is -3.50. The molecule has 41 heavy (non-hydrogen) atoms. The first-order valence-corrected chi connectivity index (χ1v) is 16.3. The second-order valence-corrected chi connectivity index (χ2v) is 13.0. The zero-order valence-electron chi connectivity index (χ0n) is 23.0. The number of amides is 1. The van der Waals surface area contributed by atoms with E-state index in [0.717, 1.165) is 32.5 Å². The fourth-order valence-electron chi connectivity index (χ4n) is 4.98. The highest BCUT2D eigenvalue weighted by Crippen LogP contribution is 2.28. The van der Waals surface area contributed by atoms with E-state index in [9.17, 15) is 13.2 Å². The number of sulfonamides is 1. The van der Waals surface area contributed by atoms with Gasteiger partial charge in [0.15, 0.2) is 5.01 Å². The van der Waals surface area contributed by atoms with Crippen LogP contribution >= 0.6 is 11.3 Å². The summed E-state index contributed by atoms with van der Waals surface area (Å²) in [6.45, 7) is 6.02. The summed E-state index contributed by atoms with van der Waals surface area (Å²) in [5.74, 6) is 0.0583. The summed E-state index contributed by atoms with van der Waals surface area (Å²) in [4.78, 5) is 33.8. The maximum absolute atomic E-state index is 13.4. The van der Waals surface area contributed by atoms with Crippen molar-refractivity contribution in [2.45, 2.75) is 50.3 Å². The summed E-state index contributed by atoms with van der Waals surface area (Å²) in [6.07, 6.45) is 10.1. The molecule has 1 atom stereocenters. The maximum Gasteiger partial charge on any atom is 0.280 e. The van der Waals surface area contributed by atoms with Crippen LogP contribution in [0.3, 0.4) is 0 Å². The van der Waals surface area contributed by atoms with Crippen molar-refractivity contribution in [3.05, 3.63) is 47.6 Å². The van der Waals surface area contributed by atoms with Gasteiger partial charge in [-0.1, -0.05) is 12.8 Å². The molecule has 1 aliphatic carbocycles. The van der Waals surface area contributed by atoms with Gasteiger partial charge in [-0.15, -0.1) is 11.3 Å². The fourth-order valence-corrected chi connectivity index (χ4v) is 7.33. The number of rotatable bonds is 12. The Kier molecular flexibility index (Phi) is 9.75. The lowest BCUT2D eigenvalue weighted by Gasteiger charge is -2.28. The second-order valence-electron chi connectivity index (χ2n) is 10.00. The average molecular weight is 602 g/mol. The van der Waals surface area contributed by atoms with E-state index < -0.39 is 16.1 Å². The monoisotopic (exact) mass is 601 g/mol. The van der Waals surface area contributed by atoms with E-state index in [1.165, 1.54) is 17.5 Å². The number of hydrogen-bond acceptors (Lipinski definition) is 11. The topological polar surface area (TPSA) is 149 Å². The van der Waals surface area contributed by atoms with Gasteiger partial charge < -0.3 is 14.8 Å². The van der Waals surface area contributed by atoms with E-state index in [1.54, 1.807) is 30.7 Å². The van der Waals surface area contributed by atoms with E-state index in [-0.39, 0.29) is 16.2 Å². The minimum absolute atomic E-state index is 0.276. The lowest BCUT2D eigenvalue weighted by Crippen LogP contribution is -2.39.